The fourth-order valence-electron chi connectivity index (χ4n) is 2.91. The molecule has 0 spiro atoms. The van der Waals surface area contributed by atoms with Crippen LogP contribution in [-0.2, 0) is 10.5 Å². The number of hydrogen-bond donors (Lipinski definition) is 1. The molecule has 1 saturated heterocycles. The van der Waals surface area contributed by atoms with Gasteiger partial charge in [0, 0.05) is 30.2 Å². The summed E-state index contributed by atoms with van der Waals surface area (Å²) < 4.78 is 5.15. The number of carbonyl (C=O) groups excluding carboxylic acids is 1. The molecule has 2 aromatic carbocycles. The molecule has 0 saturated carbocycles. The van der Waals surface area contributed by atoms with E-state index in [1.165, 1.54) is 24.1 Å². The van der Waals surface area contributed by atoms with Crippen LogP contribution in [0.4, 0.5) is 11.4 Å². The lowest BCUT2D eigenvalue weighted by molar-refractivity contribution is -0.113. The zero-order valence-corrected chi connectivity index (χ0v) is 15.3. The molecule has 0 unspecified atom stereocenters. The molecule has 5 heteroatoms. The van der Waals surface area contributed by atoms with E-state index in [1.807, 2.05) is 36.4 Å². The minimum absolute atomic E-state index is 0.0347. The van der Waals surface area contributed by atoms with E-state index in [0.29, 0.717) is 5.75 Å². The van der Waals surface area contributed by atoms with Gasteiger partial charge < -0.3 is 15.0 Å². The van der Waals surface area contributed by atoms with Crippen LogP contribution in [0.25, 0.3) is 0 Å². The minimum atomic E-state index is 0.0347. The summed E-state index contributed by atoms with van der Waals surface area (Å²) in [5.41, 5.74) is 3.29. The highest BCUT2D eigenvalue weighted by Gasteiger charge is 2.12. The lowest BCUT2D eigenvalue weighted by Crippen LogP contribution is -2.18. The highest BCUT2D eigenvalue weighted by molar-refractivity contribution is 7.99. The molecule has 0 radical (unpaired) electrons. The van der Waals surface area contributed by atoms with Crippen LogP contribution in [0.1, 0.15) is 18.4 Å². The van der Waals surface area contributed by atoms with Gasteiger partial charge in [-0.15, -0.1) is 11.8 Å². The molecule has 0 atom stereocenters. The Balaban J connectivity index is 1.42. The van der Waals surface area contributed by atoms with E-state index < -0.39 is 0 Å². The van der Waals surface area contributed by atoms with Crippen LogP contribution >= 0.6 is 11.8 Å². The summed E-state index contributed by atoms with van der Waals surface area (Å²) in [6.07, 6.45) is 2.54. The molecule has 0 aromatic heterocycles. The Kier molecular flexibility index (Phi) is 6.23. The van der Waals surface area contributed by atoms with Crippen LogP contribution in [-0.4, -0.2) is 31.9 Å². The van der Waals surface area contributed by atoms with Crippen molar-refractivity contribution in [3.05, 3.63) is 54.1 Å². The first kappa shape index (κ1) is 17.7. The number of anilines is 2. The van der Waals surface area contributed by atoms with Gasteiger partial charge in [0.15, 0.2) is 0 Å². The Labute approximate surface area is 153 Å². The number of rotatable bonds is 7. The summed E-state index contributed by atoms with van der Waals surface area (Å²) in [4.78, 5) is 14.5. The van der Waals surface area contributed by atoms with Gasteiger partial charge in [-0.2, -0.15) is 0 Å². The maximum absolute atomic E-state index is 12.1. The Morgan fingerprint density at radius 3 is 2.40 bits per heavy atom. The third-order valence-electron chi connectivity index (χ3n) is 4.28. The van der Waals surface area contributed by atoms with Gasteiger partial charge in [0.2, 0.25) is 5.91 Å². The lowest BCUT2D eigenvalue weighted by atomic mass is 10.2. The summed E-state index contributed by atoms with van der Waals surface area (Å²) >= 11 is 1.61. The molecule has 25 heavy (non-hydrogen) atoms. The number of benzene rings is 2. The van der Waals surface area contributed by atoms with E-state index in [-0.39, 0.29) is 5.91 Å². The van der Waals surface area contributed by atoms with Crippen molar-refractivity contribution in [2.75, 3.05) is 36.2 Å². The van der Waals surface area contributed by atoms with Crippen molar-refractivity contribution < 1.29 is 9.53 Å². The van der Waals surface area contributed by atoms with Crippen LogP contribution in [0.3, 0.4) is 0 Å². The smallest absolute Gasteiger partial charge is 0.234 e. The topological polar surface area (TPSA) is 41.6 Å². The minimum Gasteiger partial charge on any atom is -0.497 e. The molecule has 2 aromatic rings. The first-order valence-electron chi connectivity index (χ1n) is 8.60. The van der Waals surface area contributed by atoms with E-state index >= 15 is 0 Å². The van der Waals surface area contributed by atoms with Gasteiger partial charge in [0.25, 0.3) is 0 Å². The van der Waals surface area contributed by atoms with Gasteiger partial charge in [-0.3, -0.25) is 4.79 Å². The van der Waals surface area contributed by atoms with E-state index in [9.17, 15) is 4.79 Å². The Morgan fingerprint density at radius 2 is 1.76 bits per heavy atom. The number of carbonyl (C=O) groups is 1. The molecule has 0 aliphatic carbocycles. The van der Waals surface area contributed by atoms with Crippen molar-refractivity contribution in [1.29, 1.82) is 0 Å². The highest BCUT2D eigenvalue weighted by atomic mass is 32.2. The summed E-state index contributed by atoms with van der Waals surface area (Å²) in [5, 5.41) is 2.97. The molecular weight excluding hydrogens is 332 g/mol. The van der Waals surface area contributed by atoms with Crippen molar-refractivity contribution >= 4 is 29.0 Å². The first-order chi connectivity index (χ1) is 12.2. The molecule has 1 aliphatic heterocycles. The summed E-state index contributed by atoms with van der Waals surface area (Å²) in [5.74, 6) is 2.14. The van der Waals surface area contributed by atoms with Gasteiger partial charge in [-0.25, -0.2) is 0 Å². The highest BCUT2D eigenvalue weighted by Crippen LogP contribution is 2.22. The molecule has 1 amide bonds. The van der Waals surface area contributed by atoms with Gasteiger partial charge in [-0.05, 0) is 54.8 Å². The molecular formula is C20H24N2O2S. The number of nitrogens with zero attached hydrogens (tertiary/aromatic N) is 1. The first-order valence-corrected chi connectivity index (χ1v) is 9.75. The molecule has 1 N–H and O–H groups in total. The van der Waals surface area contributed by atoms with E-state index in [0.717, 1.165) is 30.3 Å². The normalized spacial score (nSPS) is 13.7. The van der Waals surface area contributed by atoms with Crippen molar-refractivity contribution in [2.24, 2.45) is 0 Å². The predicted octanol–water partition coefficient (Wildman–Crippen LogP) is 4.17. The maximum Gasteiger partial charge on any atom is 0.234 e. The Hall–Kier alpha value is -2.14. The zero-order chi connectivity index (χ0) is 17.5. The summed E-state index contributed by atoms with van der Waals surface area (Å²) in [6, 6.07) is 16.1. The third-order valence-corrected chi connectivity index (χ3v) is 5.29. The Morgan fingerprint density at radius 1 is 1.08 bits per heavy atom. The molecule has 1 heterocycles. The van der Waals surface area contributed by atoms with E-state index in [1.54, 1.807) is 18.9 Å². The van der Waals surface area contributed by atoms with Crippen molar-refractivity contribution in [3.8, 4) is 5.75 Å². The number of hydrogen-bond acceptors (Lipinski definition) is 4. The quantitative estimate of drug-likeness (QED) is 0.808. The molecule has 0 bridgehead atoms. The number of amides is 1. The average molecular weight is 356 g/mol. The van der Waals surface area contributed by atoms with Crippen LogP contribution in [0.15, 0.2) is 48.5 Å². The van der Waals surface area contributed by atoms with E-state index in [2.05, 4.69) is 22.3 Å². The summed E-state index contributed by atoms with van der Waals surface area (Å²) in [7, 11) is 1.66. The number of thioether (sulfide) groups is 1. The molecule has 4 nitrogen and oxygen atoms in total. The van der Waals surface area contributed by atoms with Crippen molar-refractivity contribution in [2.45, 2.75) is 18.6 Å². The van der Waals surface area contributed by atoms with Gasteiger partial charge >= 0.3 is 0 Å². The second-order valence-corrected chi connectivity index (χ2v) is 7.12. The van der Waals surface area contributed by atoms with Crippen LogP contribution in [0.2, 0.25) is 0 Å². The second kappa shape index (κ2) is 8.81. The van der Waals surface area contributed by atoms with Crippen LogP contribution < -0.4 is 15.0 Å². The second-order valence-electron chi connectivity index (χ2n) is 6.13. The van der Waals surface area contributed by atoms with Crippen LogP contribution in [0.5, 0.6) is 5.75 Å². The average Bonchev–Trinajstić information content (AvgIpc) is 3.18. The SMILES string of the molecule is COc1ccc(CSCC(=O)Nc2ccc(N3CCCC3)cc2)cc1. The zero-order valence-electron chi connectivity index (χ0n) is 14.5. The third kappa shape index (κ3) is 5.16. The van der Waals surface area contributed by atoms with Gasteiger partial charge in [-0.1, -0.05) is 12.1 Å². The predicted molar refractivity (Wildman–Crippen MR) is 106 cm³/mol. The van der Waals surface area contributed by atoms with E-state index in [4.69, 9.17) is 4.74 Å². The fraction of sp³-hybridized carbons (Fsp3) is 0.350. The molecule has 132 valence electrons. The van der Waals surface area contributed by atoms with Gasteiger partial charge in [0.05, 0.1) is 12.9 Å². The Bertz CT molecular complexity index is 680. The number of ether oxygens (including phenoxy) is 1. The van der Waals surface area contributed by atoms with Crippen molar-refractivity contribution in [1.82, 2.24) is 0 Å². The standard InChI is InChI=1S/C20H24N2O2S/c1-24-19-10-4-16(5-11-19)14-25-15-20(23)21-17-6-8-18(9-7-17)22-12-2-3-13-22/h4-11H,2-3,12-15H2,1H3,(H,21,23). The molecule has 1 aliphatic rings. The van der Waals surface area contributed by atoms with Crippen molar-refractivity contribution in [3.63, 3.8) is 0 Å². The largest absolute Gasteiger partial charge is 0.497 e. The van der Waals surface area contributed by atoms with Crippen LogP contribution in [0, 0.1) is 0 Å². The maximum atomic E-state index is 12.1. The number of nitrogens with one attached hydrogen (secondary N) is 1. The lowest BCUT2D eigenvalue weighted by Gasteiger charge is -2.17. The summed E-state index contributed by atoms with van der Waals surface area (Å²) in [6.45, 7) is 2.27. The fourth-order valence-corrected chi connectivity index (χ4v) is 3.70. The number of methoxy groups -OCH3 is 1. The monoisotopic (exact) mass is 356 g/mol. The molecule has 3 rings (SSSR count). The molecule has 1 fully saturated rings. The van der Waals surface area contributed by atoms with Gasteiger partial charge in [0.1, 0.15) is 5.75 Å².